The number of hydrogen-bond acceptors (Lipinski definition) is 6. The van der Waals surface area contributed by atoms with Crippen LogP contribution >= 0.6 is 11.6 Å². The molecule has 0 heterocycles. The van der Waals surface area contributed by atoms with Gasteiger partial charge in [0, 0.05) is 5.69 Å². The molecule has 7 nitrogen and oxygen atoms in total. The first kappa shape index (κ1) is 20.1. The molecule has 0 atom stereocenters. The molecule has 0 bridgehead atoms. The molecule has 2 aromatic rings. The van der Waals surface area contributed by atoms with Gasteiger partial charge >= 0.3 is 5.97 Å². The Balaban J connectivity index is 1.96. The third kappa shape index (κ3) is 5.36. The molecule has 0 saturated carbocycles. The van der Waals surface area contributed by atoms with Crippen LogP contribution in [0.5, 0.6) is 11.5 Å². The number of benzene rings is 2. The monoisotopic (exact) mass is 388 g/mol. The Morgan fingerprint density at radius 3 is 2.44 bits per heavy atom. The van der Waals surface area contributed by atoms with Crippen molar-refractivity contribution >= 4 is 29.2 Å². The number of amides is 1. The van der Waals surface area contributed by atoms with Gasteiger partial charge in [0.05, 0.1) is 37.3 Å². The van der Waals surface area contributed by atoms with Crippen molar-refractivity contribution in [2.24, 2.45) is 0 Å². The Bertz CT molecular complexity index is 875. The molecule has 0 spiro atoms. The van der Waals surface area contributed by atoms with Gasteiger partial charge in [0.15, 0.2) is 18.1 Å². The number of nitriles is 1. The molecule has 1 N–H and O–H groups in total. The molecule has 1 amide bonds. The fourth-order valence-corrected chi connectivity index (χ4v) is 2.53. The van der Waals surface area contributed by atoms with Crippen LogP contribution in [0.2, 0.25) is 5.02 Å². The predicted molar refractivity (Wildman–Crippen MR) is 99.2 cm³/mol. The molecule has 27 heavy (non-hydrogen) atoms. The molecule has 2 aromatic carbocycles. The van der Waals surface area contributed by atoms with E-state index in [9.17, 15) is 9.59 Å². The van der Waals surface area contributed by atoms with Gasteiger partial charge in [-0.3, -0.25) is 4.79 Å². The zero-order valence-corrected chi connectivity index (χ0v) is 15.5. The van der Waals surface area contributed by atoms with Gasteiger partial charge in [-0.25, -0.2) is 4.79 Å². The van der Waals surface area contributed by atoms with E-state index in [1.807, 2.05) is 6.07 Å². The standard InChI is InChI=1S/C19H17ClN2O5/c1-25-16-10-13(9-15(20)18(16)26-2)19(24)27-11-17(23)22-14-5-3-12(4-6-14)7-8-21/h3-6,9-10H,7,11H2,1-2H3,(H,22,23). The summed E-state index contributed by atoms with van der Waals surface area (Å²) >= 11 is 6.05. The quantitative estimate of drug-likeness (QED) is 0.731. The van der Waals surface area contributed by atoms with Gasteiger partial charge in [-0.15, -0.1) is 0 Å². The maximum Gasteiger partial charge on any atom is 0.338 e. The second-order valence-corrected chi connectivity index (χ2v) is 5.76. The van der Waals surface area contributed by atoms with E-state index in [-0.39, 0.29) is 16.3 Å². The lowest BCUT2D eigenvalue weighted by Crippen LogP contribution is -2.21. The number of carbonyl (C=O) groups excluding carboxylic acids is 2. The molecule has 0 unspecified atom stereocenters. The average molecular weight is 389 g/mol. The first-order valence-corrected chi connectivity index (χ1v) is 8.20. The van der Waals surface area contributed by atoms with Crippen molar-refractivity contribution in [1.29, 1.82) is 5.26 Å². The third-order valence-corrected chi connectivity index (χ3v) is 3.81. The first-order valence-electron chi connectivity index (χ1n) is 7.83. The van der Waals surface area contributed by atoms with Crippen LogP contribution in [0.1, 0.15) is 15.9 Å². The van der Waals surface area contributed by atoms with E-state index in [0.29, 0.717) is 17.9 Å². The molecule has 0 aliphatic rings. The van der Waals surface area contributed by atoms with Crippen LogP contribution in [0, 0.1) is 11.3 Å². The van der Waals surface area contributed by atoms with Crippen molar-refractivity contribution in [2.45, 2.75) is 6.42 Å². The SMILES string of the molecule is COc1cc(C(=O)OCC(=O)Nc2ccc(CC#N)cc2)cc(Cl)c1OC. The van der Waals surface area contributed by atoms with E-state index in [1.54, 1.807) is 24.3 Å². The van der Waals surface area contributed by atoms with Crippen molar-refractivity contribution < 1.29 is 23.8 Å². The van der Waals surface area contributed by atoms with E-state index in [0.717, 1.165) is 5.56 Å². The minimum Gasteiger partial charge on any atom is -0.493 e. The molecule has 0 fully saturated rings. The molecule has 0 aromatic heterocycles. The van der Waals surface area contributed by atoms with E-state index < -0.39 is 18.5 Å². The Morgan fingerprint density at radius 1 is 1.15 bits per heavy atom. The zero-order valence-electron chi connectivity index (χ0n) is 14.7. The number of hydrogen-bond donors (Lipinski definition) is 1. The fraction of sp³-hybridized carbons (Fsp3) is 0.211. The van der Waals surface area contributed by atoms with Crippen LogP contribution in [-0.4, -0.2) is 32.7 Å². The van der Waals surface area contributed by atoms with Gasteiger partial charge in [-0.2, -0.15) is 5.26 Å². The number of halogens is 1. The molecule has 0 aliphatic heterocycles. The maximum absolute atomic E-state index is 12.2. The highest BCUT2D eigenvalue weighted by Gasteiger charge is 2.17. The van der Waals surface area contributed by atoms with Crippen molar-refractivity contribution in [3.05, 3.63) is 52.5 Å². The summed E-state index contributed by atoms with van der Waals surface area (Å²) in [6, 6.07) is 11.6. The third-order valence-electron chi connectivity index (χ3n) is 3.52. The summed E-state index contributed by atoms with van der Waals surface area (Å²) in [5.74, 6) is -0.646. The van der Waals surface area contributed by atoms with Gasteiger partial charge < -0.3 is 19.5 Å². The summed E-state index contributed by atoms with van der Waals surface area (Å²) in [6.07, 6.45) is 0.291. The van der Waals surface area contributed by atoms with Gasteiger partial charge in [-0.1, -0.05) is 23.7 Å². The molecule has 140 valence electrons. The van der Waals surface area contributed by atoms with Gasteiger partial charge in [0.2, 0.25) is 0 Å². The molecule has 0 aliphatic carbocycles. The number of anilines is 1. The molecule has 0 saturated heterocycles. The molecular weight excluding hydrogens is 372 g/mol. The lowest BCUT2D eigenvalue weighted by molar-refractivity contribution is -0.119. The number of esters is 1. The Labute approximate surface area is 161 Å². The Morgan fingerprint density at radius 2 is 1.85 bits per heavy atom. The number of ether oxygens (including phenoxy) is 3. The Kier molecular flexibility index (Phi) is 7.03. The Hall–Kier alpha value is -3.24. The number of rotatable bonds is 7. The van der Waals surface area contributed by atoms with Gasteiger partial charge in [0.25, 0.3) is 5.91 Å². The highest BCUT2D eigenvalue weighted by Crippen LogP contribution is 2.36. The van der Waals surface area contributed by atoms with Crippen LogP contribution in [0.25, 0.3) is 0 Å². The topological polar surface area (TPSA) is 97.6 Å². The lowest BCUT2D eigenvalue weighted by Gasteiger charge is -2.11. The van der Waals surface area contributed by atoms with Crippen molar-refractivity contribution in [3.8, 4) is 17.6 Å². The van der Waals surface area contributed by atoms with Crippen molar-refractivity contribution in [2.75, 3.05) is 26.1 Å². The first-order chi connectivity index (χ1) is 13.0. The van der Waals surface area contributed by atoms with Crippen LogP contribution in [0.4, 0.5) is 5.69 Å². The minimum atomic E-state index is -0.725. The van der Waals surface area contributed by atoms with E-state index >= 15 is 0 Å². The maximum atomic E-state index is 12.2. The molecule has 2 rings (SSSR count). The zero-order chi connectivity index (χ0) is 19.8. The van der Waals surface area contributed by atoms with Crippen molar-refractivity contribution in [1.82, 2.24) is 0 Å². The van der Waals surface area contributed by atoms with Crippen LogP contribution < -0.4 is 14.8 Å². The van der Waals surface area contributed by atoms with Crippen LogP contribution in [0.15, 0.2) is 36.4 Å². The summed E-state index contributed by atoms with van der Waals surface area (Å²) in [5, 5.41) is 11.4. The average Bonchev–Trinajstić information content (AvgIpc) is 2.67. The van der Waals surface area contributed by atoms with Gasteiger partial charge in [0.1, 0.15) is 0 Å². The highest BCUT2D eigenvalue weighted by atomic mass is 35.5. The van der Waals surface area contributed by atoms with Gasteiger partial charge in [-0.05, 0) is 29.8 Å². The highest BCUT2D eigenvalue weighted by molar-refractivity contribution is 6.32. The van der Waals surface area contributed by atoms with Crippen LogP contribution in [-0.2, 0) is 16.0 Å². The molecule has 0 radical (unpaired) electrons. The molecule has 8 heteroatoms. The minimum absolute atomic E-state index is 0.131. The second kappa shape index (κ2) is 9.46. The van der Waals surface area contributed by atoms with Crippen molar-refractivity contribution in [3.63, 3.8) is 0 Å². The summed E-state index contributed by atoms with van der Waals surface area (Å²) in [6.45, 7) is -0.468. The lowest BCUT2D eigenvalue weighted by atomic mass is 10.1. The second-order valence-electron chi connectivity index (χ2n) is 5.35. The summed E-state index contributed by atoms with van der Waals surface area (Å²) < 4.78 is 15.2. The smallest absolute Gasteiger partial charge is 0.338 e. The van der Waals surface area contributed by atoms with Crippen LogP contribution in [0.3, 0.4) is 0 Å². The summed E-state index contributed by atoms with van der Waals surface area (Å²) in [5.41, 5.74) is 1.51. The number of methoxy groups -OCH3 is 2. The number of nitrogens with zero attached hydrogens (tertiary/aromatic N) is 1. The summed E-state index contributed by atoms with van der Waals surface area (Å²) in [7, 11) is 2.84. The largest absolute Gasteiger partial charge is 0.493 e. The predicted octanol–water partition coefficient (Wildman–Crippen LogP) is 3.22. The fourth-order valence-electron chi connectivity index (χ4n) is 2.24. The normalized spacial score (nSPS) is 9.85. The number of nitrogens with one attached hydrogen (secondary N) is 1. The van der Waals surface area contributed by atoms with E-state index in [2.05, 4.69) is 5.32 Å². The number of carbonyl (C=O) groups is 2. The summed E-state index contributed by atoms with van der Waals surface area (Å²) in [4.78, 5) is 24.1. The van der Waals surface area contributed by atoms with E-state index in [4.69, 9.17) is 31.1 Å². The molecular formula is C19H17ClN2O5. The van der Waals surface area contributed by atoms with E-state index in [1.165, 1.54) is 26.4 Å².